The fourth-order valence-corrected chi connectivity index (χ4v) is 3.97. The summed E-state index contributed by atoms with van der Waals surface area (Å²) in [5, 5.41) is 10.4. The lowest BCUT2D eigenvalue weighted by molar-refractivity contribution is -0.128. The summed E-state index contributed by atoms with van der Waals surface area (Å²) in [5.41, 5.74) is 0.905. The Balaban J connectivity index is 1.93. The SMILES string of the molecule is CN(C)C(=O)[C@H](Sc1nnc(-c2cccs2)n1N)c1ccccc1. The van der Waals surface area contributed by atoms with Crippen molar-refractivity contribution in [2.45, 2.75) is 10.4 Å². The van der Waals surface area contributed by atoms with Crippen molar-refractivity contribution in [2.24, 2.45) is 0 Å². The fraction of sp³-hybridized carbons (Fsp3) is 0.188. The highest BCUT2D eigenvalue weighted by atomic mass is 32.2. The van der Waals surface area contributed by atoms with Gasteiger partial charge >= 0.3 is 0 Å². The number of carbonyl (C=O) groups excluding carboxylic acids is 1. The van der Waals surface area contributed by atoms with Crippen molar-refractivity contribution in [2.75, 3.05) is 19.9 Å². The van der Waals surface area contributed by atoms with E-state index in [0.29, 0.717) is 11.0 Å². The number of nitrogens with zero attached hydrogens (tertiary/aromatic N) is 4. The molecule has 0 unspecified atom stereocenters. The lowest BCUT2D eigenvalue weighted by Gasteiger charge is -2.19. The Labute approximate surface area is 148 Å². The van der Waals surface area contributed by atoms with E-state index in [2.05, 4.69) is 10.2 Å². The zero-order valence-corrected chi connectivity index (χ0v) is 14.9. The smallest absolute Gasteiger partial charge is 0.240 e. The van der Waals surface area contributed by atoms with Gasteiger partial charge in [0.1, 0.15) is 5.25 Å². The third-order valence-electron chi connectivity index (χ3n) is 3.40. The minimum absolute atomic E-state index is 0.0214. The van der Waals surface area contributed by atoms with Crippen molar-refractivity contribution in [3.8, 4) is 10.7 Å². The Morgan fingerprint density at radius 2 is 1.96 bits per heavy atom. The maximum Gasteiger partial charge on any atom is 0.240 e. The molecule has 2 N–H and O–H groups in total. The molecule has 1 amide bonds. The molecular weight excluding hydrogens is 342 g/mol. The summed E-state index contributed by atoms with van der Waals surface area (Å²) < 4.78 is 1.44. The lowest BCUT2D eigenvalue weighted by atomic mass is 10.1. The maximum absolute atomic E-state index is 12.6. The van der Waals surface area contributed by atoms with E-state index in [-0.39, 0.29) is 5.91 Å². The molecule has 1 aromatic carbocycles. The molecule has 0 bridgehead atoms. The molecular formula is C16H17N5OS2. The Bertz CT molecular complexity index is 814. The Kier molecular flexibility index (Phi) is 4.86. The van der Waals surface area contributed by atoms with Crippen LogP contribution in [0.25, 0.3) is 10.7 Å². The van der Waals surface area contributed by atoms with Gasteiger partial charge in [-0.2, -0.15) is 0 Å². The minimum Gasteiger partial charge on any atom is -0.348 e. The van der Waals surface area contributed by atoms with Gasteiger partial charge < -0.3 is 10.7 Å². The number of benzene rings is 1. The van der Waals surface area contributed by atoms with E-state index in [9.17, 15) is 4.79 Å². The summed E-state index contributed by atoms with van der Waals surface area (Å²) in [6.07, 6.45) is 0. The molecule has 2 heterocycles. The van der Waals surface area contributed by atoms with E-state index in [1.165, 1.54) is 16.4 Å². The van der Waals surface area contributed by atoms with Gasteiger partial charge in [-0.3, -0.25) is 4.79 Å². The number of nitrogen functional groups attached to an aromatic ring is 1. The average Bonchev–Trinajstić information content (AvgIpc) is 3.23. The largest absolute Gasteiger partial charge is 0.348 e. The number of thioether (sulfide) groups is 1. The van der Waals surface area contributed by atoms with Crippen LogP contribution < -0.4 is 5.84 Å². The second-order valence-corrected chi connectivity index (χ2v) is 7.31. The van der Waals surface area contributed by atoms with Crippen LogP contribution in [-0.4, -0.2) is 39.8 Å². The van der Waals surface area contributed by atoms with Crippen LogP contribution in [0.1, 0.15) is 10.8 Å². The molecule has 24 heavy (non-hydrogen) atoms. The van der Waals surface area contributed by atoms with Gasteiger partial charge in [0.15, 0.2) is 5.82 Å². The van der Waals surface area contributed by atoms with E-state index in [1.54, 1.807) is 30.3 Å². The number of hydrogen-bond donors (Lipinski definition) is 1. The van der Waals surface area contributed by atoms with Gasteiger partial charge in [-0.05, 0) is 17.0 Å². The minimum atomic E-state index is -0.427. The number of thiophene rings is 1. The first-order valence-corrected chi connectivity index (χ1v) is 9.01. The van der Waals surface area contributed by atoms with Crippen LogP contribution in [0.5, 0.6) is 0 Å². The highest BCUT2D eigenvalue weighted by molar-refractivity contribution is 8.00. The van der Waals surface area contributed by atoms with E-state index >= 15 is 0 Å². The van der Waals surface area contributed by atoms with Gasteiger partial charge in [0.25, 0.3) is 0 Å². The van der Waals surface area contributed by atoms with Gasteiger partial charge in [0.05, 0.1) is 4.88 Å². The molecule has 0 saturated heterocycles. The van der Waals surface area contributed by atoms with Crippen LogP contribution in [0, 0.1) is 0 Å². The number of aromatic nitrogens is 3. The molecule has 0 radical (unpaired) electrons. The zero-order valence-electron chi connectivity index (χ0n) is 13.3. The first-order valence-electron chi connectivity index (χ1n) is 7.25. The molecule has 3 rings (SSSR count). The van der Waals surface area contributed by atoms with E-state index in [1.807, 2.05) is 47.8 Å². The maximum atomic E-state index is 12.6. The molecule has 0 spiro atoms. The monoisotopic (exact) mass is 359 g/mol. The Hall–Kier alpha value is -2.32. The van der Waals surface area contributed by atoms with Crippen molar-refractivity contribution in [1.82, 2.24) is 19.8 Å². The summed E-state index contributed by atoms with van der Waals surface area (Å²) in [6, 6.07) is 13.5. The third-order valence-corrected chi connectivity index (χ3v) is 5.46. The van der Waals surface area contributed by atoms with Crippen LogP contribution >= 0.6 is 23.1 Å². The van der Waals surface area contributed by atoms with Crippen molar-refractivity contribution < 1.29 is 4.79 Å². The Morgan fingerprint density at radius 3 is 2.58 bits per heavy atom. The first-order chi connectivity index (χ1) is 11.6. The van der Waals surface area contributed by atoms with Crippen molar-refractivity contribution in [3.63, 3.8) is 0 Å². The predicted molar refractivity (Wildman–Crippen MR) is 97.2 cm³/mol. The van der Waals surface area contributed by atoms with Gasteiger partial charge in [-0.25, -0.2) is 4.68 Å². The third kappa shape index (κ3) is 3.29. The summed E-state index contributed by atoms with van der Waals surface area (Å²) in [5.74, 6) is 6.72. The quantitative estimate of drug-likeness (QED) is 0.560. The number of nitrogens with two attached hydrogens (primary N) is 1. The van der Waals surface area contributed by atoms with E-state index in [0.717, 1.165) is 10.4 Å². The van der Waals surface area contributed by atoms with Crippen LogP contribution in [0.4, 0.5) is 0 Å². The summed E-state index contributed by atoms with van der Waals surface area (Å²) in [7, 11) is 3.48. The van der Waals surface area contributed by atoms with Gasteiger partial charge in [-0.1, -0.05) is 48.2 Å². The van der Waals surface area contributed by atoms with Crippen LogP contribution in [0.15, 0.2) is 53.0 Å². The topological polar surface area (TPSA) is 77.0 Å². The molecule has 0 fully saturated rings. The van der Waals surface area contributed by atoms with Gasteiger partial charge in [0.2, 0.25) is 11.1 Å². The summed E-state index contributed by atoms with van der Waals surface area (Å²) in [6.45, 7) is 0. The highest BCUT2D eigenvalue weighted by Crippen LogP contribution is 2.36. The molecule has 8 heteroatoms. The lowest BCUT2D eigenvalue weighted by Crippen LogP contribution is -2.27. The summed E-state index contributed by atoms with van der Waals surface area (Å²) >= 11 is 2.84. The number of likely N-dealkylation sites (N-methyl/N-ethyl adjacent to an activating group) is 1. The van der Waals surface area contributed by atoms with E-state index < -0.39 is 5.25 Å². The molecule has 0 aliphatic heterocycles. The second-order valence-electron chi connectivity index (χ2n) is 5.29. The van der Waals surface area contributed by atoms with Gasteiger partial charge in [-0.15, -0.1) is 21.5 Å². The molecule has 6 nitrogen and oxygen atoms in total. The second kappa shape index (κ2) is 7.06. The standard InChI is InChI=1S/C16H17N5OS2/c1-20(2)15(22)13(11-7-4-3-5-8-11)24-16-19-18-14(21(16)17)12-9-6-10-23-12/h3-10,13H,17H2,1-2H3/t13-/m1/s1. The zero-order chi connectivity index (χ0) is 17.1. The first kappa shape index (κ1) is 16.5. The highest BCUT2D eigenvalue weighted by Gasteiger charge is 2.26. The number of carbonyl (C=O) groups is 1. The molecule has 0 saturated carbocycles. The van der Waals surface area contributed by atoms with Crippen molar-refractivity contribution >= 4 is 29.0 Å². The molecule has 1 atom stereocenters. The number of hydrogen-bond acceptors (Lipinski definition) is 6. The van der Waals surface area contributed by atoms with Gasteiger partial charge in [0, 0.05) is 14.1 Å². The molecule has 0 aliphatic rings. The molecule has 3 aromatic rings. The normalized spacial score (nSPS) is 12.1. The van der Waals surface area contributed by atoms with Crippen LogP contribution in [0.3, 0.4) is 0 Å². The number of amides is 1. The molecule has 2 aromatic heterocycles. The van der Waals surface area contributed by atoms with E-state index in [4.69, 9.17) is 5.84 Å². The average molecular weight is 359 g/mol. The van der Waals surface area contributed by atoms with Crippen molar-refractivity contribution in [1.29, 1.82) is 0 Å². The van der Waals surface area contributed by atoms with Crippen LogP contribution in [0.2, 0.25) is 0 Å². The van der Waals surface area contributed by atoms with Crippen LogP contribution in [-0.2, 0) is 4.79 Å². The molecule has 124 valence electrons. The molecule has 0 aliphatic carbocycles. The Morgan fingerprint density at radius 1 is 1.21 bits per heavy atom. The predicted octanol–water partition coefficient (Wildman–Crippen LogP) is 2.64. The number of rotatable bonds is 5. The fourth-order valence-electron chi connectivity index (χ4n) is 2.16. The summed E-state index contributed by atoms with van der Waals surface area (Å²) in [4.78, 5) is 15.1. The van der Waals surface area contributed by atoms with Crippen molar-refractivity contribution in [3.05, 3.63) is 53.4 Å².